The van der Waals surface area contributed by atoms with Crippen LogP contribution < -0.4 is 14.8 Å². The van der Waals surface area contributed by atoms with Gasteiger partial charge < -0.3 is 14.2 Å². The Labute approximate surface area is 150 Å². The van der Waals surface area contributed by atoms with Crippen LogP contribution in [0.15, 0.2) is 54.6 Å². The van der Waals surface area contributed by atoms with E-state index in [0.717, 1.165) is 0 Å². The second-order valence-corrected chi connectivity index (χ2v) is 5.80. The van der Waals surface area contributed by atoms with Crippen LogP contribution in [0.5, 0.6) is 11.5 Å². The first-order valence-corrected chi connectivity index (χ1v) is 7.98. The van der Waals surface area contributed by atoms with Gasteiger partial charge >= 0.3 is 12.6 Å². The number of carbonyl (C=O) groups is 1. The summed E-state index contributed by atoms with van der Waals surface area (Å²) in [4.78, 5) is 12.2. The molecule has 0 heterocycles. The number of methoxy groups -OCH3 is 1. The van der Waals surface area contributed by atoms with Crippen molar-refractivity contribution in [3.63, 3.8) is 0 Å². The molecule has 0 aliphatic heterocycles. The Kier molecular flexibility index (Phi) is 6.91. The number of benzene rings is 2. The molecule has 0 aromatic heterocycles. The van der Waals surface area contributed by atoms with E-state index < -0.39 is 18.1 Å². The quantitative estimate of drug-likeness (QED) is 0.691. The summed E-state index contributed by atoms with van der Waals surface area (Å²) in [6.07, 6.45) is 0. The zero-order valence-corrected chi connectivity index (χ0v) is 14.6. The van der Waals surface area contributed by atoms with E-state index in [0.29, 0.717) is 11.3 Å². The molecule has 0 amide bonds. The van der Waals surface area contributed by atoms with Gasteiger partial charge in [0.15, 0.2) is 0 Å². The smallest absolute Gasteiger partial charge is 0.387 e. The third-order valence-corrected chi connectivity index (χ3v) is 3.71. The molecule has 0 saturated carbocycles. The van der Waals surface area contributed by atoms with Crippen LogP contribution in [0.3, 0.4) is 0 Å². The normalized spacial score (nSPS) is 13.1. The monoisotopic (exact) mass is 365 g/mol. The van der Waals surface area contributed by atoms with E-state index >= 15 is 0 Å². The average Bonchev–Trinajstić information content (AvgIpc) is 2.64. The van der Waals surface area contributed by atoms with Crippen molar-refractivity contribution < 1.29 is 27.8 Å². The third kappa shape index (κ3) is 5.70. The van der Waals surface area contributed by atoms with E-state index in [1.165, 1.54) is 19.2 Å². The summed E-state index contributed by atoms with van der Waals surface area (Å²) in [5.74, 6) is 0.185. The van der Waals surface area contributed by atoms with Crippen LogP contribution in [0, 0.1) is 0 Å². The highest BCUT2D eigenvalue weighted by atomic mass is 19.3. The van der Waals surface area contributed by atoms with E-state index in [4.69, 9.17) is 9.47 Å². The molecule has 2 aromatic carbocycles. The molecule has 2 aromatic rings. The molecule has 0 aliphatic rings. The average molecular weight is 365 g/mol. The highest BCUT2D eigenvalue weighted by Crippen LogP contribution is 2.18. The number of hydrogen-bond acceptors (Lipinski definition) is 5. The molecule has 1 atom stereocenters. The Morgan fingerprint density at radius 2 is 1.81 bits per heavy atom. The van der Waals surface area contributed by atoms with Gasteiger partial charge in [-0.3, -0.25) is 5.32 Å². The Morgan fingerprint density at radius 3 is 2.46 bits per heavy atom. The molecule has 0 bridgehead atoms. The summed E-state index contributed by atoms with van der Waals surface area (Å²) >= 11 is 0. The molecule has 2 rings (SSSR count). The molecule has 1 unspecified atom stereocenters. The van der Waals surface area contributed by atoms with Crippen molar-refractivity contribution in [2.45, 2.75) is 25.6 Å². The van der Waals surface area contributed by atoms with Gasteiger partial charge in [0.05, 0.1) is 7.11 Å². The third-order valence-electron chi connectivity index (χ3n) is 3.71. The van der Waals surface area contributed by atoms with Crippen molar-refractivity contribution in [3.8, 4) is 11.5 Å². The van der Waals surface area contributed by atoms with Gasteiger partial charge in [-0.05, 0) is 36.8 Å². The van der Waals surface area contributed by atoms with Crippen LogP contribution in [-0.2, 0) is 16.1 Å². The number of carbonyl (C=O) groups excluding carboxylic acids is 1. The highest BCUT2D eigenvalue weighted by molar-refractivity contribution is 5.80. The van der Waals surface area contributed by atoms with Crippen molar-refractivity contribution in [1.29, 1.82) is 0 Å². The van der Waals surface area contributed by atoms with Gasteiger partial charge in [-0.15, -0.1) is 0 Å². The number of esters is 1. The molecular weight excluding hydrogens is 344 g/mol. The second-order valence-electron chi connectivity index (χ2n) is 5.80. The Bertz CT molecular complexity index is 712. The number of alkyl halides is 2. The van der Waals surface area contributed by atoms with E-state index in [1.807, 2.05) is 18.2 Å². The molecule has 140 valence electrons. The molecular formula is C19H21F2NO4. The molecule has 0 spiro atoms. The molecule has 5 nitrogen and oxygen atoms in total. The summed E-state index contributed by atoms with van der Waals surface area (Å²) in [7, 11) is 1.29. The zero-order chi connectivity index (χ0) is 19.0. The highest BCUT2D eigenvalue weighted by Gasteiger charge is 2.35. The summed E-state index contributed by atoms with van der Waals surface area (Å²) in [5, 5.41) is 3.07. The van der Waals surface area contributed by atoms with Crippen LogP contribution in [0.1, 0.15) is 12.5 Å². The fourth-order valence-corrected chi connectivity index (χ4v) is 2.28. The molecule has 0 aliphatic carbocycles. The van der Waals surface area contributed by atoms with Crippen molar-refractivity contribution >= 4 is 5.97 Å². The molecule has 7 heteroatoms. The number of hydrogen-bond donors (Lipinski definition) is 1. The Hall–Kier alpha value is -2.67. The first-order chi connectivity index (χ1) is 12.4. The lowest BCUT2D eigenvalue weighted by atomic mass is 10.0. The van der Waals surface area contributed by atoms with Gasteiger partial charge in [-0.2, -0.15) is 8.78 Å². The van der Waals surface area contributed by atoms with Gasteiger partial charge in [0.2, 0.25) is 0 Å². The molecule has 0 saturated heterocycles. The SMILES string of the molecule is COC(=O)C(C)(COc1ccccc1)NCc1cccc(OC(F)F)c1. The lowest BCUT2D eigenvalue weighted by molar-refractivity contribution is -0.149. The van der Waals surface area contributed by atoms with E-state index in [2.05, 4.69) is 10.1 Å². The standard InChI is InChI=1S/C19H21F2NO4/c1-19(17(23)24-2,13-25-15-8-4-3-5-9-15)22-12-14-7-6-10-16(11-14)26-18(20)21/h3-11,18,22H,12-13H2,1-2H3. The van der Waals surface area contributed by atoms with Crippen molar-refractivity contribution in [2.24, 2.45) is 0 Å². The second kappa shape index (κ2) is 9.15. The van der Waals surface area contributed by atoms with Gasteiger partial charge in [0, 0.05) is 6.54 Å². The zero-order valence-electron chi connectivity index (χ0n) is 14.6. The summed E-state index contributed by atoms with van der Waals surface area (Å²) < 4.78 is 39.6. The minimum atomic E-state index is -2.89. The largest absolute Gasteiger partial charge is 0.491 e. The van der Waals surface area contributed by atoms with E-state index in [9.17, 15) is 13.6 Å². The molecule has 1 N–H and O–H groups in total. The van der Waals surface area contributed by atoms with Gasteiger partial charge in [-0.25, -0.2) is 4.79 Å². The maximum absolute atomic E-state index is 12.3. The van der Waals surface area contributed by atoms with Gasteiger partial charge in [-0.1, -0.05) is 30.3 Å². The van der Waals surface area contributed by atoms with E-state index in [-0.39, 0.29) is 18.9 Å². The van der Waals surface area contributed by atoms with Crippen LogP contribution >= 0.6 is 0 Å². The summed E-state index contributed by atoms with van der Waals surface area (Å²) in [5.41, 5.74) is -0.442. The minimum absolute atomic E-state index is 0.0386. The number of nitrogens with one attached hydrogen (secondary N) is 1. The van der Waals surface area contributed by atoms with Crippen LogP contribution in [0.2, 0.25) is 0 Å². The molecule has 0 fully saturated rings. The number of halogens is 2. The van der Waals surface area contributed by atoms with Gasteiger partial charge in [0.25, 0.3) is 0 Å². The van der Waals surface area contributed by atoms with Crippen molar-refractivity contribution in [1.82, 2.24) is 5.32 Å². The van der Waals surface area contributed by atoms with Gasteiger partial charge in [0.1, 0.15) is 23.6 Å². The minimum Gasteiger partial charge on any atom is -0.491 e. The van der Waals surface area contributed by atoms with Crippen molar-refractivity contribution in [3.05, 3.63) is 60.2 Å². The number of ether oxygens (including phenoxy) is 3. The fourth-order valence-electron chi connectivity index (χ4n) is 2.28. The fraction of sp³-hybridized carbons (Fsp3) is 0.316. The Balaban J connectivity index is 2.04. The van der Waals surface area contributed by atoms with Crippen LogP contribution in [-0.4, -0.2) is 31.8 Å². The predicted octanol–water partition coefficient (Wildman–Crippen LogP) is 3.39. The maximum atomic E-state index is 12.3. The summed E-state index contributed by atoms with van der Waals surface area (Å²) in [6.45, 7) is -0.958. The maximum Gasteiger partial charge on any atom is 0.387 e. The van der Waals surface area contributed by atoms with Crippen LogP contribution in [0.25, 0.3) is 0 Å². The van der Waals surface area contributed by atoms with E-state index in [1.54, 1.807) is 31.2 Å². The lowest BCUT2D eigenvalue weighted by Gasteiger charge is -2.28. The first-order valence-electron chi connectivity index (χ1n) is 7.98. The number of rotatable bonds is 9. The van der Waals surface area contributed by atoms with Crippen molar-refractivity contribution in [2.75, 3.05) is 13.7 Å². The lowest BCUT2D eigenvalue weighted by Crippen LogP contribution is -2.54. The molecule has 0 radical (unpaired) electrons. The first kappa shape index (κ1) is 19.7. The van der Waals surface area contributed by atoms with Crippen LogP contribution in [0.4, 0.5) is 8.78 Å². The topological polar surface area (TPSA) is 56.8 Å². The Morgan fingerprint density at radius 1 is 1.12 bits per heavy atom. The predicted molar refractivity (Wildman–Crippen MR) is 92.3 cm³/mol. The summed E-state index contributed by atoms with van der Waals surface area (Å²) in [6, 6.07) is 15.3. The molecule has 26 heavy (non-hydrogen) atoms. The number of para-hydroxylation sites is 1.